The summed E-state index contributed by atoms with van der Waals surface area (Å²) >= 11 is 3.39. The molecule has 0 heterocycles. The number of nitriles is 1. The van der Waals surface area contributed by atoms with Crippen LogP contribution in [-0.4, -0.2) is 26.7 Å². The van der Waals surface area contributed by atoms with Gasteiger partial charge in [-0.1, -0.05) is 6.07 Å². The molecule has 2 aromatic carbocycles. The zero-order valence-corrected chi connectivity index (χ0v) is 16.8. The van der Waals surface area contributed by atoms with Crippen molar-refractivity contribution in [1.82, 2.24) is 0 Å². The van der Waals surface area contributed by atoms with Gasteiger partial charge in [-0.25, -0.2) is 0 Å². The lowest BCUT2D eigenvalue weighted by Gasteiger charge is -2.11. The molecule has 0 fully saturated rings. The molecule has 0 aromatic heterocycles. The molecule has 0 unspecified atom stereocenters. The van der Waals surface area contributed by atoms with Gasteiger partial charge in [-0.15, -0.1) is 0 Å². The smallest absolute Gasteiger partial charge is 0.266 e. The number of benzene rings is 2. The molecule has 27 heavy (non-hydrogen) atoms. The summed E-state index contributed by atoms with van der Waals surface area (Å²) in [4.78, 5) is 12.5. The summed E-state index contributed by atoms with van der Waals surface area (Å²) in [6, 6.07) is 12.3. The summed E-state index contributed by atoms with van der Waals surface area (Å²) in [5, 5.41) is 12.1. The average Bonchev–Trinajstić information content (AvgIpc) is 2.66. The Balaban J connectivity index is 2.28. The Morgan fingerprint density at radius 1 is 1.26 bits per heavy atom. The number of amides is 1. The first-order chi connectivity index (χ1) is 13.0. The number of hydrogen-bond donors (Lipinski definition) is 1. The highest BCUT2D eigenvalue weighted by molar-refractivity contribution is 9.10. The van der Waals surface area contributed by atoms with Crippen molar-refractivity contribution >= 4 is 33.6 Å². The quantitative estimate of drug-likeness (QED) is 0.519. The van der Waals surface area contributed by atoms with Gasteiger partial charge in [0.05, 0.1) is 25.3 Å². The average molecular weight is 431 g/mol. The molecule has 0 radical (unpaired) electrons. The van der Waals surface area contributed by atoms with Gasteiger partial charge in [0.1, 0.15) is 17.4 Å². The van der Waals surface area contributed by atoms with E-state index in [2.05, 4.69) is 21.2 Å². The van der Waals surface area contributed by atoms with Crippen molar-refractivity contribution in [3.8, 4) is 23.3 Å². The minimum atomic E-state index is -0.517. The minimum Gasteiger partial charge on any atom is -0.494 e. The molecule has 0 saturated heterocycles. The molecule has 7 heteroatoms. The highest BCUT2D eigenvalue weighted by Crippen LogP contribution is 2.36. The number of ether oxygens (including phenoxy) is 3. The van der Waals surface area contributed by atoms with E-state index in [9.17, 15) is 10.1 Å². The molecule has 6 nitrogen and oxygen atoms in total. The minimum absolute atomic E-state index is 0.0454. The maximum Gasteiger partial charge on any atom is 0.266 e. The van der Waals surface area contributed by atoms with E-state index < -0.39 is 5.91 Å². The number of nitrogens with one attached hydrogen (secondary N) is 1. The molecule has 2 rings (SSSR count). The van der Waals surface area contributed by atoms with E-state index in [1.54, 1.807) is 36.4 Å². The first kappa shape index (κ1) is 20.3. The standard InChI is InChI=1S/C20H19BrN2O4/c1-4-27-16-7-5-6-15(11-16)23-20(24)14(12-22)8-13-9-17(21)19(26-3)18(10-13)25-2/h5-11H,4H2,1-3H3,(H,23,24)/b14-8-. The molecule has 2 aromatic rings. The van der Waals surface area contributed by atoms with Gasteiger partial charge >= 0.3 is 0 Å². The number of carbonyl (C=O) groups excluding carboxylic acids is 1. The Morgan fingerprint density at radius 3 is 2.67 bits per heavy atom. The van der Waals surface area contributed by atoms with E-state index in [4.69, 9.17) is 14.2 Å². The zero-order valence-electron chi connectivity index (χ0n) is 15.2. The van der Waals surface area contributed by atoms with Crippen molar-refractivity contribution in [3.63, 3.8) is 0 Å². The van der Waals surface area contributed by atoms with Gasteiger partial charge in [0.2, 0.25) is 0 Å². The Morgan fingerprint density at radius 2 is 2.04 bits per heavy atom. The summed E-state index contributed by atoms with van der Waals surface area (Å²) in [6.07, 6.45) is 1.48. The van der Waals surface area contributed by atoms with Gasteiger partial charge in [-0.3, -0.25) is 4.79 Å². The first-order valence-electron chi connectivity index (χ1n) is 8.09. The van der Waals surface area contributed by atoms with E-state index in [1.807, 2.05) is 13.0 Å². The second-order valence-electron chi connectivity index (χ2n) is 5.32. The molecule has 0 aliphatic heterocycles. The number of hydrogen-bond acceptors (Lipinski definition) is 5. The van der Waals surface area contributed by atoms with Gasteiger partial charge in [0.25, 0.3) is 5.91 Å². The Kier molecular flexibility index (Phi) is 7.26. The van der Waals surface area contributed by atoms with Crippen molar-refractivity contribution in [2.75, 3.05) is 26.1 Å². The van der Waals surface area contributed by atoms with Crippen LogP contribution in [0.15, 0.2) is 46.4 Å². The van der Waals surface area contributed by atoms with Crippen LogP contribution in [0.5, 0.6) is 17.2 Å². The van der Waals surface area contributed by atoms with Crippen molar-refractivity contribution in [3.05, 3.63) is 52.0 Å². The summed E-state index contributed by atoms with van der Waals surface area (Å²) in [5.41, 5.74) is 1.12. The van der Waals surface area contributed by atoms with Crippen molar-refractivity contribution in [2.45, 2.75) is 6.92 Å². The molecule has 0 atom stereocenters. The molecular weight excluding hydrogens is 412 g/mol. The lowest BCUT2D eigenvalue weighted by atomic mass is 10.1. The van der Waals surface area contributed by atoms with Crippen LogP contribution in [-0.2, 0) is 4.79 Å². The molecular formula is C20H19BrN2O4. The monoisotopic (exact) mass is 430 g/mol. The van der Waals surface area contributed by atoms with Crippen LogP contribution >= 0.6 is 15.9 Å². The van der Waals surface area contributed by atoms with Crippen LogP contribution in [0, 0.1) is 11.3 Å². The lowest BCUT2D eigenvalue weighted by molar-refractivity contribution is -0.112. The number of methoxy groups -OCH3 is 2. The van der Waals surface area contributed by atoms with Gasteiger partial charge in [-0.2, -0.15) is 5.26 Å². The van der Waals surface area contributed by atoms with E-state index in [0.717, 1.165) is 0 Å². The van der Waals surface area contributed by atoms with Gasteiger partial charge in [0.15, 0.2) is 11.5 Å². The number of carbonyl (C=O) groups is 1. The van der Waals surface area contributed by atoms with E-state index >= 15 is 0 Å². The summed E-state index contributed by atoms with van der Waals surface area (Å²) < 4.78 is 16.6. The topological polar surface area (TPSA) is 80.6 Å². The van der Waals surface area contributed by atoms with Crippen molar-refractivity contribution < 1.29 is 19.0 Å². The fourth-order valence-corrected chi connectivity index (χ4v) is 2.99. The first-order valence-corrected chi connectivity index (χ1v) is 8.89. The number of rotatable bonds is 7. The van der Waals surface area contributed by atoms with Crippen LogP contribution < -0.4 is 19.5 Å². The molecule has 1 N–H and O–H groups in total. The molecule has 0 bridgehead atoms. The Bertz CT molecular complexity index is 903. The van der Waals surface area contributed by atoms with Crippen molar-refractivity contribution in [1.29, 1.82) is 5.26 Å². The van der Waals surface area contributed by atoms with E-state index in [1.165, 1.54) is 20.3 Å². The number of nitrogens with zero attached hydrogens (tertiary/aromatic N) is 1. The molecule has 0 aliphatic rings. The molecule has 1 amide bonds. The van der Waals surface area contributed by atoms with Crippen LogP contribution in [0.2, 0.25) is 0 Å². The van der Waals surface area contributed by atoms with E-state index in [-0.39, 0.29) is 5.57 Å². The number of anilines is 1. The third kappa shape index (κ3) is 5.25. The predicted octanol–water partition coefficient (Wildman–Crippen LogP) is 4.41. The van der Waals surface area contributed by atoms with Gasteiger partial charge < -0.3 is 19.5 Å². The predicted molar refractivity (Wildman–Crippen MR) is 107 cm³/mol. The highest BCUT2D eigenvalue weighted by Gasteiger charge is 2.13. The Labute approximate surface area is 166 Å². The Hall–Kier alpha value is -2.98. The SMILES string of the molecule is CCOc1cccc(NC(=O)/C(C#N)=C\c2cc(Br)c(OC)c(OC)c2)c1. The largest absolute Gasteiger partial charge is 0.494 e. The third-order valence-corrected chi connectivity index (χ3v) is 4.12. The van der Waals surface area contributed by atoms with Crippen LogP contribution in [0.3, 0.4) is 0 Å². The fraction of sp³-hybridized carbons (Fsp3) is 0.200. The van der Waals surface area contributed by atoms with Crippen LogP contribution in [0.25, 0.3) is 6.08 Å². The highest BCUT2D eigenvalue weighted by atomic mass is 79.9. The normalized spacial score (nSPS) is 10.7. The summed E-state index contributed by atoms with van der Waals surface area (Å²) in [7, 11) is 3.05. The maximum absolute atomic E-state index is 12.5. The summed E-state index contributed by atoms with van der Waals surface area (Å²) in [5.74, 6) is 1.14. The number of halogens is 1. The molecule has 140 valence electrons. The van der Waals surface area contributed by atoms with Gasteiger partial charge in [-0.05, 0) is 58.8 Å². The molecule has 0 aliphatic carbocycles. The summed E-state index contributed by atoms with van der Waals surface area (Å²) in [6.45, 7) is 2.40. The van der Waals surface area contributed by atoms with E-state index in [0.29, 0.717) is 39.6 Å². The second kappa shape index (κ2) is 9.64. The third-order valence-electron chi connectivity index (χ3n) is 3.53. The maximum atomic E-state index is 12.5. The lowest BCUT2D eigenvalue weighted by Crippen LogP contribution is -2.13. The van der Waals surface area contributed by atoms with Gasteiger partial charge in [0, 0.05) is 11.8 Å². The second-order valence-corrected chi connectivity index (χ2v) is 6.18. The van der Waals surface area contributed by atoms with Crippen LogP contribution in [0.4, 0.5) is 5.69 Å². The van der Waals surface area contributed by atoms with Crippen molar-refractivity contribution in [2.24, 2.45) is 0 Å². The zero-order chi connectivity index (χ0) is 19.8. The molecule has 0 saturated carbocycles. The molecule has 0 spiro atoms. The fourth-order valence-electron chi connectivity index (χ4n) is 2.37. The van der Waals surface area contributed by atoms with Crippen LogP contribution in [0.1, 0.15) is 12.5 Å².